The van der Waals surface area contributed by atoms with Crippen LogP contribution in [0.3, 0.4) is 0 Å². The predicted octanol–water partition coefficient (Wildman–Crippen LogP) is 3.12. The van der Waals surface area contributed by atoms with Crippen LogP contribution in [0.5, 0.6) is 5.75 Å². The topological polar surface area (TPSA) is 90.5 Å². The molecule has 1 unspecified atom stereocenters. The van der Waals surface area contributed by atoms with Gasteiger partial charge in [-0.25, -0.2) is 9.98 Å². The number of aliphatic imine (C=N–C) groups is 1. The summed E-state index contributed by atoms with van der Waals surface area (Å²) >= 11 is 0. The van der Waals surface area contributed by atoms with E-state index in [1.807, 2.05) is 24.3 Å². The first kappa shape index (κ1) is 21.7. The smallest absolute Gasteiger partial charge is 0.191 e. The maximum absolute atomic E-state index is 5.21. The lowest BCUT2D eigenvalue weighted by atomic mass is 10.2. The number of aryl methyl sites for hydroxylation is 1. The molecule has 1 saturated heterocycles. The highest BCUT2D eigenvalue weighted by Gasteiger charge is 2.23. The van der Waals surface area contributed by atoms with Gasteiger partial charge in [0.2, 0.25) is 0 Å². The van der Waals surface area contributed by atoms with Crippen molar-refractivity contribution in [2.24, 2.45) is 4.99 Å². The van der Waals surface area contributed by atoms with Crippen molar-refractivity contribution < 1.29 is 4.74 Å². The fourth-order valence-electron chi connectivity index (χ4n) is 3.77. The van der Waals surface area contributed by atoms with Crippen molar-refractivity contribution in [3.63, 3.8) is 0 Å². The summed E-state index contributed by atoms with van der Waals surface area (Å²) in [5.41, 5.74) is 3.49. The van der Waals surface area contributed by atoms with Crippen molar-refractivity contribution in [2.45, 2.75) is 32.9 Å². The second kappa shape index (κ2) is 10.2. The summed E-state index contributed by atoms with van der Waals surface area (Å²) in [7, 11) is 1.65. The number of hydrogen-bond donors (Lipinski definition) is 3. The zero-order valence-electron chi connectivity index (χ0n) is 18.9. The highest BCUT2D eigenvalue weighted by molar-refractivity contribution is 5.80. The van der Waals surface area contributed by atoms with Crippen LogP contribution >= 0.6 is 0 Å². The van der Waals surface area contributed by atoms with Crippen molar-refractivity contribution in [2.75, 3.05) is 31.6 Å². The van der Waals surface area contributed by atoms with E-state index in [9.17, 15) is 0 Å². The van der Waals surface area contributed by atoms with Gasteiger partial charge in [0.15, 0.2) is 11.8 Å². The number of nitrogens with one attached hydrogen (secondary N) is 3. The van der Waals surface area contributed by atoms with E-state index in [0.717, 1.165) is 49.2 Å². The molecule has 2 heterocycles. The quantitative estimate of drug-likeness (QED) is 0.392. The molecule has 8 nitrogen and oxygen atoms in total. The van der Waals surface area contributed by atoms with Crippen molar-refractivity contribution in [3.8, 4) is 17.1 Å². The van der Waals surface area contributed by atoms with Crippen molar-refractivity contribution in [1.29, 1.82) is 0 Å². The number of rotatable bonds is 7. The van der Waals surface area contributed by atoms with E-state index in [1.165, 1.54) is 11.3 Å². The van der Waals surface area contributed by atoms with Gasteiger partial charge in [0.05, 0.1) is 7.11 Å². The minimum Gasteiger partial charge on any atom is -0.497 e. The molecule has 3 aromatic rings. The van der Waals surface area contributed by atoms with Gasteiger partial charge in [-0.2, -0.15) is 5.10 Å². The lowest BCUT2D eigenvalue weighted by Crippen LogP contribution is -2.44. The number of aromatic nitrogens is 3. The Balaban J connectivity index is 1.36. The van der Waals surface area contributed by atoms with Crippen molar-refractivity contribution in [3.05, 3.63) is 59.9 Å². The minimum absolute atomic E-state index is 0.346. The number of ether oxygens (including phenoxy) is 1. The van der Waals surface area contributed by atoms with Crippen LogP contribution in [0.2, 0.25) is 0 Å². The van der Waals surface area contributed by atoms with E-state index in [0.29, 0.717) is 18.4 Å². The Morgan fingerprint density at radius 2 is 1.97 bits per heavy atom. The van der Waals surface area contributed by atoms with Gasteiger partial charge in [-0.15, -0.1) is 0 Å². The van der Waals surface area contributed by atoms with Gasteiger partial charge in [-0.1, -0.05) is 17.7 Å². The molecular formula is C24H31N7O. The number of guanidine groups is 1. The Morgan fingerprint density at radius 1 is 1.19 bits per heavy atom. The number of anilines is 1. The van der Waals surface area contributed by atoms with Crippen LogP contribution in [0.4, 0.5) is 5.69 Å². The SMILES string of the molecule is CCNC(=NCc1nc(-c2ccc(OC)cc2)n[nH]1)NC1CCN(c2ccc(C)cc2)C1. The zero-order chi connectivity index (χ0) is 22.3. The predicted molar refractivity (Wildman–Crippen MR) is 128 cm³/mol. The second-order valence-corrected chi connectivity index (χ2v) is 7.94. The summed E-state index contributed by atoms with van der Waals surface area (Å²) < 4.78 is 5.21. The third-order valence-electron chi connectivity index (χ3n) is 5.54. The summed E-state index contributed by atoms with van der Waals surface area (Å²) in [6.45, 7) is 7.40. The molecule has 4 rings (SSSR count). The molecule has 0 saturated carbocycles. The largest absolute Gasteiger partial charge is 0.497 e. The van der Waals surface area contributed by atoms with Gasteiger partial charge in [0, 0.05) is 36.9 Å². The molecule has 8 heteroatoms. The number of methoxy groups -OCH3 is 1. The van der Waals surface area contributed by atoms with Crippen LogP contribution in [-0.4, -0.2) is 53.9 Å². The van der Waals surface area contributed by atoms with Gasteiger partial charge in [0.1, 0.15) is 18.1 Å². The maximum atomic E-state index is 5.21. The van der Waals surface area contributed by atoms with Crippen LogP contribution in [0.1, 0.15) is 24.7 Å². The molecule has 1 aromatic heterocycles. The average Bonchev–Trinajstić information content (AvgIpc) is 3.48. The van der Waals surface area contributed by atoms with Crippen LogP contribution in [-0.2, 0) is 6.54 Å². The highest BCUT2D eigenvalue weighted by atomic mass is 16.5. The van der Waals surface area contributed by atoms with Gasteiger partial charge in [-0.05, 0) is 56.7 Å². The molecule has 0 amide bonds. The zero-order valence-corrected chi connectivity index (χ0v) is 18.9. The molecule has 3 N–H and O–H groups in total. The molecule has 32 heavy (non-hydrogen) atoms. The average molecular weight is 434 g/mol. The summed E-state index contributed by atoms with van der Waals surface area (Å²) in [5, 5.41) is 14.2. The molecule has 0 spiro atoms. The summed E-state index contributed by atoms with van der Waals surface area (Å²) in [5.74, 6) is 2.98. The number of aromatic amines is 1. The van der Waals surface area contributed by atoms with E-state index >= 15 is 0 Å². The first-order valence-electron chi connectivity index (χ1n) is 11.1. The van der Waals surface area contributed by atoms with E-state index in [2.05, 4.69) is 68.8 Å². The Hall–Kier alpha value is -3.55. The maximum Gasteiger partial charge on any atom is 0.191 e. The fraction of sp³-hybridized carbons (Fsp3) is 0.375. The van der Waals surface area contributed by atoms with Crippen LogP contribution < -0.4 is 20.3 Å². The Kier molecular flexibility index (Phi) is 6.89. The molecule has 1 atom stereocenters. The lowest BCUT2D eigenvalue weighted by Gasteiger charge is -2.20. The number of H-pyrrole nitrogens is 1. The summed E-state index contributed by atoms with van der Waals surface area (Å²) in [6.07, 6.45) is 1.07. The fourth-order valence-corrected chi connectivity index (χ4v) is 3.77. The highest BCUT2D eigenvalue weighted by Crippen LogP contribution is 2.21. The van der Waals surface area contributed by atoms with Crippen LogP contribution in [0.15, 0.2) is 53.5 Å². The van der Waals surface area contributed by atoms with Crippen molar-refractivity contribution >= 4 is 11.6 Å². The molecule has 1 aliphatic heterocycles. The number of nitrogens with zero attached hydrogens (tertiary/aromatic N) is 4. The Morgan fingerprint density at radius 3 is 2.69 bits per heavy atom. The molecule has 1 fully saturated rings. The summed E-state index contributed by atoms with van der Waals surface area (Å²) in [4.78, 5) is 11.7. The molecule has 168 valence electrons. The third-order valence-corrected chi connectivity index (χ3v) is 5.54. The van der Waals surface area contributed by atoms with E-state index in [4.69, 9.17) is 9.73 Å². The number of benzene rings is 2. The standard InChI is InChI=1S/C24H31N7O/c1-4-25-24(27-19-13-14-31(16-19)20-9-5-17(2)6-10-20)26-15-22-28-23(30-29-22)18-7-11-21(32-3)12-8-18/h5-12,19H,4,13-16H2,1-3H3,(H2,25,26,27)(H,28,29,30). The summed E-state index contributed by atoms with van der Waals surface area (Å²) in [6, 6.07) is 16.8. The molecule has 0 bridgehead atoms. The van der Waals surface area contributed by atoms with E-state index in [1.54, 1.807) is 7.11 Å². The number of hydrogen-bond acceptors (Lipinski definition) is 5. The Labute approximate surface area is 189 Å². The van der Waals surface area contributed by atoms with Gasteiger partial charge in [-0.3, -0.25) is 5.10 Å². The molecule has 2 aromatic carbocycles. The molecule has 0 aliphatic carbocycles. The van der Waals surface area contributed by atoms with Crippen LogP contribution in [0, 0.1) is 6.92 Å². The van der Waals surface area contributed by atoms with Gasteiger partial charge >= 0.3 is 0 Å². The monoisotopic (exact) mass is 433 g/mol. The van der Waals surface area contributed by atoms with Gasteiger partial charge < -0.3 is 20.3 Å². The first-order chi connectivity index (χ1) is 15.6. The molecule has 0 radical (unpaired) electrons. The van der Waals surface area contributed by atoms with Gasteiger partial charge in [0.25, 0.3) is 0 Å². The van der Waals surface area contributed by atoms with Crippen LogP contribution in [0.25, 0.3) is 11.4 Å². The minimum atomic E-state index is 0.346. The van der Waals surface area contributed by atoms with E-state index in [-0.39, 0.29) is 0 Å². The lowest BCUT2D eigenvalue weighted by molar-refractivity contribution is 0.415. The van der Waals surface area contributed by atoms with E-state index < -0.39 is 0 Å². The normalized spacial score (nSPS) is 16.3. The third kappa shape index (κ3) is 5.38. The Bertz CT molecular complexity index is 1030. The second-order valence-electron chi connectivity index (χ2n) is 7.94. The van der Waals surface area contributed by atoms with Crippen molar-refractivity contribution in [1.82, 2.24) is 25.8 Å². The first-order valence-corrected chi connectivity index (χ1v) is 11.1. The molecule has 1 aliphatic rings. The molecular weight excluding hydrogens is 402 g/mol.